The Morgan fingerprint density at radius 1 is 1.39 bits per heavy atom. The highest BCUT2D eigenvalue weighted by Gasteiger charge is 2.23. The zero-order valence-electron chi connectivity index (χ0n) is 12.2. The predicted molar refractivity (Wildman–Crippen MR) is 84.8 cm³/mol. The number of hydrogen-bond donors (Lipinski definition) is 1. The fourth-order valence-electron chi connectivity index (χ4n) is 2.74. The zero-order chi connectivity index (χ0) is 16.4. The molecule has 7 heteroatoms. The lowest BCUT2D eigenvalue weighted by Gasteiger charge is -2.31. The molecule has 1 aliphatic heterocycles. The number of amides is 1. The third-order valence-electron chi connectivity index (χ3n) is 3.67. The third kappa shape index (κ3) is 3.42. The fraction of sp³-hybridized carbons (Fsp3) is 0.250. The summed E-state index contributed by atoms with van der Waals surface area (Å²) in [6.07, 6.45) is 2.84. The lowest BCUT2D eigenvalue weighted by molar-refractivity contribution is -0.115. The van der Waals surface area contributed by atoms with E-state index in [4.69, 9.17) is 11.6 Å². The van der Waals surface area contributed by atoms with Gasteiger partial charge in [-0.25, -0.2) is 13.8 Å². The van der Waals surface area contributed by atoms with Gasteiger partial charge in [0.25, 0.3) is 0 Å². The average Bonchev–Trinajstić information content (AvgIpc) is 2.49. The molecule has 0 bridgehead atoms. The van der Waals surface area contributed by atoms with Gasteiger partial charge in [-0.2, -0.15) is 0 Å². The van der Waals surface area contributed by atoms with E-state index in [-0.39, 0.29) is 17.6 Å². The highest BCUT2D eigenvalue weighted by atomic mass is 35.5. The van der Waals surface area contributed by atoms with Crippen molar-refractivity contribution in [3.63, 3.8) is 0 Å². The molecule has 2 aromatic rings. The summed E-state index contributed by atoms with van der Waals surface area (Å²) < 4.78 is 27.4. The van der Waals surface area contributed by atoms with Crippen LogP contribution in [0.1, 0.15) is 12.0 Å². The number of aryl methyl sites for hydroxylation is 1. The van der Waals surface area contributed by atoms with E-state index in [1.54, 1.807) is 17.0 Å². The number of carbonyl (C=O) groups excluding carboxylic acids is 1. The van der Waals surface area contributed by atoms with Crippen LogP contribution in [0.5, 0.6) is 0 Å². The first-order valence-corrected chi connectivity index (χ1v) is 7.55. The van der Waals surface area contributed by atoms with Gasteiger partial charge in [0.05, 0.1) is 17.9 Å². The van der Waals surface area contributed by atoms with Crippen LogP contribution in [0.2, 0.25) is 5.15 Å². The largest absolute Gasteiger partial charge is 0.360 e. The maximum absolute atomic E-state index is 14.1. The molecule has 0 spiro atoms. The van der Waals surface area contributed by atoms with Gasteiger partial charge >= 0.3 is 0 Å². The summed E-state index contributed by atoms with van der Waals surface area (Å²) in [5.74, 6) is -1.59. The second-order valence-corrected chi connectivity index (χ2v) is 5.67. The molecule has 1 aliphatic rings. The van der Waals surface area contributed by atoms with Gasteiger partial charge in [-0.1, -0.05) is 11.6 Å². The summed E-state index contributed by atoms with van der Waals surface area (Å²) in [4.78, 5) is 17.7. The van der Waals surface area contributed by atoms with E-state index in [9.17, 15) is 13.6 Å². The number of nitrogens with one attached hydrogen (secondary N) is 1. The zero-order valence-corrected chi connectivity index (χ0v) is 12.9. The molecular formula is C16H14ClF2N3O. The van der Waals surface area contributed by atoms with E-state index in [1.165, 1.54) is 12.3 Å². The van der Waals surface area contributed by atoms with E-state index in [0.29, 0.717) is 29.9 Å². The van der Waals surface area contributed by atoms with Crippen molar-refractivity contribution in [1.29, 1.82) is 0 Å². The van der Waals surface area contributed by atoms with Crippen LogP contribution in [-0.2, 0) is 11.2 Å². The second kappa shape index (κ2) is 6.50. The Bertz CT molecular complexity index is 754. The number of carbonyl (C=O) groups is 1. The van der Waals surface area contributed by atoms with Crippen LogP contribution >= 0.6 is 11.6 Å². The average molecular weight is 338 g/mol. The molecule has 120 valence electrons. The summed E-state index contributed by atoms with van der Waals surface area (Å²) in [7, 11) is 0. The summed E-state index contributed by atoms with van der Waals surface area (Å²) in [6, 6.07) is 5.45. The number of pyridine rings is 1. The van der Waals surface area contributed by atoms with Gasteiger partial charge in [-0.15, -0.1) is 0 Å². The molecule has 0 saturated carbocycles. The molecule has 0 aliphatic carbocycles. The van der Waals surface area contributed by atoms with Gasteiger partial charge in [0.15, 0.2) is 5.15 Å². The van der Waals surface area contributed by atoms with Gasteiger partial charge in [0.2, 0.25) is 5.91 Å². The highest BCUT2D eigenvalue weighted by molar-refractivity contribution is 6.32. The van der Waals surface area contributed by atoms with Crippen molar-refractivity contribution in [2.45, 2.75) is 12.8 Å². The Labute approximate surface area is 137 Å². The minimum atomic E-state index is -0.646. The normalized spacial score (nSPS) is 13.6. The molecule has 3 rings (SSSR count). The van der Waals surface area contributed by atoms with Gasteiger partial charge in [-0.05, 0) is 36.6 Å². The van der Waals surface area contributed by atoms with Crippen molar-refractivity contribution in [2.75, 3.05) is 23.3 Å². The monoisotopic (exact) mass is 337 g/mol. The topological polar surface area (TPSA) is 45.2 Å². The molecule has 1 aromatic carbocycles. The molecule has 4 nitrogen and oxygen atoms in total. The Hall–Kier alpha value is -2.21. The number of anilines is 2. The SMILES string of the molecule is O=C(CN1CCCc2cc(F)cc(F)c21)Nc1cccnc1Cl. The van der Waals surface area contributed by atoms with Crippen LogP contribution in [0.4, 0.5) is 20.2 Å². The van der Waals surface area contributed by atoms with Crippen LogP contribution in [0, 0.1) is 11.6 Å². The van der Waals surface area contributed by atoms with Gasteiger partial charge < -0.3 is 10.2 Å². The predicted octanol–water partition coefficient (Wildman–Crippen LogP) is 3.40. The molecule has 0 atom stereocenters. The van der Waals surface area contributed by atoms with E-state index in [0.717, 1.165) is 12.5 Å². The Morgan fingerprint density at radius 3 is 3.00 bits per heavy atom. The summed E-state index contributed by atoms with van der Waals surface area (Å²) in [6.45, 7) is 0.491. The maximum Gasteiger partial charge on any atom is 0.243 e. The molecule has 23 heavy (non-hydrogen) atoms. The Kier molecular flexibility index (Phi) is 4.43. The van der Waals surface area contributed by atoms with E-state index in [2.05, 4.69) is 10.3 Å². The van der Waals surface area contributed by atoms with Crippen molar-refractivity contribution < 1.29 is 13.6 Å². The van der Waals surface area contributed by atoms with Crippen molar-refractivity contribution in [1.82, 2.24) is 4.98 Å². The number of fused-ring (bicyclic) bond motifs is 1. The maximum atomic E-state index is 14.1. The van der Waals surface area contributed by atoms with Gasteiger partial charge in [-0.3, -0.25) is 4.79 Å². The molecule has 1 N–H and O–H groups in total. The first-order valence-electron chi connectivity index (χ1n) is 7.18. The van der Waals surface area contributed by atoms with Crippen molar-refractivity contribution >= 4 is 28.9 Å². The third-order valence-corrected chi connectivity index (χ3v) is 3.97. The quantitative estimate of drug-likeness (QED) is 0.873. The first-order chi connectivity index (χ1) is 11.0. The number of benzene rings is 1. The number of aromatic nitrogens is 1. The number of hydrogen-bond acceptors (Lipinski definition) is 3. The van der Waals surface area contributed by atoms with Crippen molar-refractivity contribution in [3.05, 3.63) is 52.8 Å². The van der Waals surface area contributed by atoms with Crippen molar-refractivity contribution in [3.8, 4) is 0 Å². The smallest absolute Gasteiger partial charge is 0.243 e. The molecule has 0 saturated heterocycles. The molecule has 1 amide bonds. The highest BCUT2D eigenvalue weighted by Crippen LogP contribution is 2.31. The van der Waals surface area contributed by atoms with Crippen molar-refractivity contribution in [2.24, 2.45) is 0 Å². The van der Waals surface area contributed by atoms with Crippen LogP contribution in [-0.4, -0.2) is 24.0 Å². The number of rotatable bonds is 3. The fourth-order valence-corrected chi connectivity index (χ4v) is 2.90. The number of nitrogens with zero attached hydrogens (tertiary/aromatic N) is 2. The summed E-state index contributed by atoms with van der Waals surface area (Å²) in [5.41, 5.74) is 1.28. The first kappa shape index (κ1) is 15.7. The Balaban J connectivity index is 1.77. The standard InChI is InChI=1S/C16H14ClF2N3O/c17-16-13(4-1-5-20-16)21-14(23)9-22-6-2-3-10-7-11(18)8-12(19)15(10)22/h1,4-5,7-8H,2-3,6,9H2,(H,21,23). The van der Waals surface area contributed by atoms with E-state index >= 15 is 0 Å². The van der Waals surface area contributed by atoms with E-state index in [1.807, 2.05) is 0 Å². The minimum absolute atomic E-state index is 0.0409. The molecule has 0 radical (unpaired) electrons. The second-order valence-electron chi connectivity index (χ2n) is 5.31. The van der Waals surface area contributed by atoms with Crippen LogP contribution in [0.3, 0.4) is 0 Å². The lowest BCUT2D eigenvalue weighted by atomic mass is 10.0. The van der Waals surface area contributed by atoms with Crippen LogP contribution in [0.25, 0.3) is 0 Å². The molecule has 0 fully saturated rings. The summed E-state index contributed by atoms with van der Waals surface area (Å²) in [5, 5.41) is 2.84. The van der Waals surface area contributed by atoms with Crippen LogP contribution < -0.4 is 10.2 Å². The lowest BCUT2D eigenvalue weighted by Crippen LogP contribution is -2.37. The van der Waals surface area contributed by atoms with Gasteiger partial charge in [0, 0.05) is 18.8 Å². The molecule has 0 unspecified atom stereocenters. The molecule has 2 heterocycles. The summed E-state index contributed by atoms with van der Waals surface area (Å²) >= 11 is 5.89. The van der Waals surface area contributed by atoms with Crippen LogP contribution in [0.15, 0.2) is 30.5 Å². The Morgan fingerprint density at radius 2 is 2.22 bits per heavy atom. The van der Waals surface area contributed by atoms with E-state index < -0.39 is 11.6 Å². The molecular weight excluding hydrogens is 324 g/mol. The van der Waals surface area contributed by atoms with Gasteiger partial charge in [0.1, 0.15) is 11.6 Å². The number of halogens is 3. The molecule has 1 aromatic heterocycles. The minimum Gasteiger partial charge on any atom is -0.360 e.